The minimum absolute atomic E-state index is 0.0987. The number of carbonyl (C=O) groups is 1. The Bertz CT molecular complexity index is 483. The highest BCUT2D eigenvalue weighted by Gasteiger charge is 2.16. The van der Waals surface area contributed by atoms with Crippen molar-refractivity contribution in [2.45, 2.75) is 39.0 Å². The number of amides is 1. The van der Waals surface area contributed by atoms with Gasteiger partial charge in [0.1, 0.15) is 0 Å². The maximum Gasteiger partial charge on any atom is 0.220 e. The number of hydrogen-bond acceptors (Lipinski definition) is 3. The first kappa shape index (κ1) is 17.1. The minimum atomic E-state index is -0.276. The molecule has 1 atom stereocenters. The number of ether oxygens (including phenoxy) is 1. The molecule has 0 aliphatic heterocycles. The highest BCUT2D eigenvalue weighted by atomic mass is 16.5. The Hall–Kier alpha value is -1.97. The molecule has 4 heteroatoms. The zero-order valence-corrected chi connectivity index (χ0v) is 12.8. The van der Waals surface area contributed by atoms with E-state index in [2.05, 4.69) is 19.1 Å². The van der Waals surface area contributed by atoms with E-state index in [9.17, 15) is 9.90 Å². The van der Waals surface area contributed by atoms with Crippen LogP contribution in [-0.4, -0.2) is 18.1 Å². The van der Waals surface area contributed by atoms with Crippen LogP contribution < -0.4 is 10.5 Å². The van der Waals surface area contributed by atoms with Gasteiger partial charge in [0.15, 0.2) is 11.5 Å². The summed E-state index contributed by atoms with van der Waals surface area (Å²) in [5.41, 5.74) is 6.43. The van der Waals surface area contributed by atoms with E-state index in [-0.39, 0.29) is 17.6 Å². The van der Waals surface area contributed by atoms with Crippen molar-refractivity contribution in [1.82, 2.24) is 0 Å². The van der Waals surface area contributed by atoms with Crippen LogP contribution in [0.5, 0.6) is 11.5 Å². The number of unbranched alkanes of at least 4 members (excludes halogenated alkanes) is 1. The van der Waals surface area contributed by atoms with E-state index in [0.717, 1.165) is 31.2 Å². The molecule has 0 saturated heterocycles. The first-order chi connectivity index (χ1) is 10.1. The molecule has 1 aromatic carbocycles. The summed E-state index contributed by atoms with van der Waals surface area (Å²) in [6, 6.07) is 5.13. The van der Waals surface area contributed by atoms with Crippen LogP contribution >= 0.6 is 0 Å². The zero-order chi connectivity index (χ0) is 15.7. The molecule has 116 valence electrons. The lowest BCUT2D eigenvalue weighted by molar-refractivity contribution is -0.122. The molecule has 0 aliphatic rings. The largest absolute Gasteiger partial charge is 0.504 e. The summed E-state index contributed by atoms with van der Waals surface area (Å²) in [5, 5.41) is 9.58. The number of rotatable bonds is 9. The second-order valence-corrected chi connectivity index (χ2v) is 5.12. The van der Waals surface area contributed by atoms with E-state index in [4.69, 9.17) is 10.5 Å². The summed E-state index contributed by atoms with van der Waals surface area (Å²) in [6.07, 6.45) is 8.56. The van der Waals surface area contributed by atoms with E-state index in [0.29, 0.717) is 12.2 Å². The summed E-state index contributed by atoms with van der Waals surface area (Å²) in [7, 11) is 1.50. The standard InChI is InChI=1S/C17H25NO3/c1-3-4-5-6-7-8-14(17(18)20)11-13-9-10-15(19)16(12-13)21-2/h4-5,9-10,12,14,19H,3,6-8,11H2,1-2H3,(H2,18,20)/b5-4+. The third-order valence-corrected chi connectivity index (χ3v) is 3.45. The maximum absolute atomic E-state index is 11.6. The highest BCUT2D eigenvalue weighted by molar-refractivity contribution is 5.77. The van der Waals surface area contributed by atoms with E-state index in [1.165, 1.54) is 7.11 Å². The molecule has 0 aromatic heterocycles. The summed E-state index contributed by atoms with van der Waals surface area (Å²) >= 11 is 0. The average Bonchev–Trinajstić information content (AvgIpc) is 2.47. The predicted octanol–water partition coefficient (Wildman–Crippen LogP) is 3.18. The lowest BCUT2D eigenvalue weighted by Gasteiger charge is -2.14. The minimum Gasteiger partial charge on any atom is -0.504 e. The fourth-order valence-electron chi connectivity index (χ4n) is 2.25. The zero-order valence-electron chi connectivity index (χ0n) is 12.8. The van der Waals surface area contributed by atoms with Gasteiger partial charge in [-0.1, -0.05) is 25.1 Å². The van der Waals surface area contributed by atoms with Gasteiger partial charge in [0, 0.05) is 5.92 Å². The normalized spacial score (nSPS) is 12.5. The van der Waals surface area contributed by atoms with Gasteiger partial charge in [0.25, 0.3) is 0 Å². The predicted molar refractivity (Wildman–Crippen MR) is 84.3 cm³/mol. The molecule has 0 saturated carbocycles. The van der Waals surface area contributed by atoms with Gasteiger partial charge in [-0.15, -0.1) is 0 Å². The number of allylic oxidation sites excluding steroid dienone is 2. The van der Waals surface area contributed by atoms with Crippen molar-refractivity contribution < 1.29 is 14.6 Å². The Balaban J connectivity index is 2.61. The molecule has 21 heavy (non-hydrogen) atoms. The molecule has 1 unspecified atom stereocenters. The molecule has 1 rings (SSSR count). The first-order valence-corrected chi connectivity index (χ1v) is 7.38. The molecule has 3 N–H and O–H groups in total. The second kappa shape index (κ2) is 9.06. The van der Waals surface area contributed by atoms with Crippen molar-refractivity contribution in [2.75, 3.05) is 7.11 Å². The van der Waals surface area contributed by atoms with Crippen molar-refractivity contribution in [3.63, 3.8) is 0 Å². The van der Waals surface area contributed by atoms with Crippen LogP contribution in [-0.2, 0) is 11.2 Å². The smallest absolute Gasteiger partial charge is 0.220 e. The molecule has 0 radical (unpaired) electrons. The Kier molecular flexibility index (Phi) is 7.37. The third-order valence-electron chi connectivity index (χ3n) is 3.45. The number of methoxy groups -OCH3 is 1. The molecule has 0 heterocycles. The van der Waals surface area contributed by atoms with E-state index >= 15 is 0 Å². The van der Waals surface area contributed by atoms with Crippen LogP contribution in [0.15, 0.2) is 30.4 Å². The summed E-state index contributed by atoms with van der Waals surface area (Å²) in [6.45, 7) is 2.10. The maximum atomic E-state index is 11.6. The van der Waals surface area contributed by atoms with Crippen molar-refractivity contribution in [3.8, 4) is 11.5 Å². The number of aromatic hydroxyl groups is 1. The third kappa shape index (κ3) is 5.90. The van der Waals surface area contributed by atoms with Crippen LogP contribution in [0.4, 0.5) is 0 Å². The topological polar surface area (TPSA) is 72.6 Å². The summed E-state index contributed by atoms with van der Waals surface area (Å²) in [5.74, 6) is 0.0546. The van der Waals surface area contributed by atoms with E-state index < -0.39 is 0 Å². The quantitative estimate of drug-likeness (QED) is 0.542. The molecule has 0 bridgehead atoms. The highest BCUT2D eigenvalue weighted by Crippen LogP contribution is 2.28. The van der Waals surface area contributed by atoms with Gasteiger partial charge in [0.05, 0.1) is 7.11 Å². The lowest BCUT2D eigenvalue weighted by Crippen LogP contribution is -2.25. The second-order valence-electron chi connectivity index (χ2n) is 5.12. The van der Waals surface area contributed by atoms with Gasteiger partial charge >= 0.3 is 0 Å². The molecule has 0 aliphatic carbocycles. The molecule has 1 aromatic rings. The van der Waals surface area contributed by atoms with Crippen molar-refractivity contribution in [1.29, 1.82) is 0 Å². The van der Waals surface area contributed by atoms with Crippen LogP contribution in [0, 0.1) is 5.92 Å². The Morgan fingerprint density at radius 3 is 2.81 bits per heavy atom. The van der Waals surface area contributed by atoms with Gasteiger partial charge in [-0.05, 0) is 49.8 Å². The molecule has 0 spiro atoms. The number of carbonyl (C=O) groups excluding carboxylic acids is 1. The Labute approximate surface area is 126 Å². The first-order valence-electron chi connectivity index (χ1n) is 7.38. The van der Waals surface area contributed by atoms with Gasteiger partial charge in [0.2, 0.25) is 5.91 Å². The van der Waals surface area contributed by atoms with Gasteiger partial charge in [-0.3, -0.25) is 4.79 Å². The van der Waals surface area contributed by atoms with Crippen LogP contribution in [0.1, 0.15) is 38.2 Å². The molecule has 4 nitrogen and oxygen atoms in total. The number of benzene rings is 1. The monoisotopic (exact) mass is 291 g/mol. The summed E-state index contributed by atoms with van der Waals surface area (Å²) < 4.78 is 5.08. The number of phenolic OH excluding ortho intramolecular Hbond substituents is 1. The van der Waals surface area contributed by atoms with Crippen molar-refractivity contribution >= 4 is 5.91 Å². The molecular formula is C17H25NO3. The van der Waals surface area contributed by atoms with Gasteiger partial charge in [-0.2, -0.15) is 0 Å². The fourth-order valence-corrected chi connectivity index (χ4v) is 2.25. The average molecular weight is 291 g/mol. The number of primary amides is 1. The Morgan fingerprint density at radius 1 is 1.43 bits per heavy atom. The van der Waals surface area contributed by atoms with Crippen molar-refractivity contribution in [3.05, 3.63) is 35.9 Å². The number of nitrogens with two attached hydrogens (primary N) is 1. The number of hydrogen-bond donors (Lipinski definition) is 2. The van der Waals surface area contributed by atoms with Crippen LogP contribution in [0.25, 0.3) is 0 Å². The number of phenols is 1. The lowest BCUT2D eigenvalue weighted by atomic mass is 9.93. The summed E-state index contributed by atoms with van der Waals surface area (Å²) in [4.78, 5) is 11.6. The van der Waals surface area contributed by atoms with Gasteiger partial charge in [-0.25, -0.2) is 0 Å². The van der Waals surface area contributed by atoms with E-state index in [1.807, 2.05) is 0 Å². The van der Waals surface area contributed by atoms with Gasteiger partial charge < -0.3 is 15.6 Å². The molecular weight excluding hydrogens is 266 g/mol. The van der Waals surface area contributed by atoms with E-state index in [1.54, 1.807) is 18.2 Å². The molecule has 1 amide bonds. The fraction of sp³-hybridized carbons (Fsp3) is 0.471. The van der Waals surface area contributed by atoms with Crippen molar-refractivity contribution in [2.24, 2.45) is 11.7 Å². The molecule has 0 fully saturated rings. The SMILES string of the molecule is CC/C=C/CCCC(Cc1ccc(O)c(OC)c1)C(N)=O. The Morgan fingerprint density at radius 2 is 2.19 bits per heavy atom. The van der Waals surface area contributed by atoms with Crippen LogP contribution in [0.2, 0.25) is 0 Å². The van der Waals surface area contributed by atoms with Crippen LogP contribution in [0.3, 0.4) is 0 Å².